The molecule has 218 valence electrons. The molecule has 1 aliphatic carbocycles. The molecule has 2 aliphatic heterocycles. The first-order valence-electron chi connectivity index (χ1n) is 14.1. The second-order valence-corrected chi connectivity index (χ2v) is 11.3. The van der Waals surface area contributed by atoms with Crippen LogP contribution in [-0.2, 0) is 13.2 Å². The van der Waals surface area contributed by atoms with Crippen LogP contribution in [0, 0.1) is 5.82 Å². The molecule has 0 amide bonds. The zero-order chi connectivity index (χ0) is 29.1. The monoisotopic (exact) mass is 589 g/mol. The van der Waals surface area contributed by atoms with E-state index in [-0.39, 0.29) is 24.6 Å². The van der Waals surface area contributed by atoms with E-state index in [0.717, 1.165) is 47.3 Å². The van der Waals surface area contributed by atoms with E-state index < -0.39 is 6.10 Å². The van der Waals surface area contributed by atoms with Crippen molar-refractivity contribution in [3.05, 3.63) is 101 Å². The molecular weight excluding hydrogens is 557 g/mol. The molecule has 42 heavy (non-hydrogen) atoms. The van der Waals surface area contributed by atoms with Gasteiger partial charge in [-0.05, 0) is 72.0 Å². The van der Waals surface area contributed by atoms with Gasteiger partial charge in [0, 0.05) is 49.8 Å². The summed E-state index contributed by atoms with van der Waals surface area (Å²) in [5, 5.41) is 24.1. The van der Waals surface area contributed by atoms with Gasteiger partial charge in [0.2, 0.25) is 0 Å². The van der Waals surface area contributed by atoms with Crippen molar-refractivity contribution in [1.29, 1.82) is 0 Å². The zero-order valence-electron chi connectivity index (χ0n) is 23.0. The van der Waals surface area contributed by atoms with Gasteiger partial charge < -0.3 is 24.8 Å². The number of aliphatic hydroxyl groups excluding tert-OH is 2. The first-order valence-corrected chi connectivity index (χ1v) is 14.5. The Hall–Kier alpha value is -3.76. The zero-order valence-corrected chi connectivity index (χ0v) is 23.8. The largest absolute Gasteiger partial charge is 0.487 e. The summed E-state index contributed by atoms with van der Waals surface area (Å²) in [6.07, 6.45) is 10.6. The van der Waals surface area contributed by atoms with Crippen LogP contribution in [0.15, 0.2) is 88.6 Å². The van der Waals surface area contributed by atoms with E-state index in [1.807, 2.05) is 29.1 Å². The Bertz CT molecular complexity index is 1560. The lowest BCUT2D eigenvalue weighted by Crippen LogP contribution is -2.33. The van der Waals surface area contributed by atoms with Crippen molar-refractivity contribution in [2.75, 3.05) is 25.0 Å². The molecule has 0 bridgehead atoms. The van der Waals surface area contributed by atoms with Gasteiger partial charge in [0.15, 0.2) is 0 Å². The third kappa shape index (κ3) is 6.82. The number of ether oxygens (including phenoxy) is 1. The second kappa shape index (κ2) is 12.6. The van der Waals surface area contributed by atoms with Crippen LogP contribution in [0.4, 0.5) is 10.1 Å². The van der Waals surface area contributed by atoms with Crippen LogP contribution in [-0.4, -0.2) is 69.7 Å². The summed E-state index contributed by atoms with van der Waals surface area (Å²) in [6.45, 7) is 2.68. The summed E-state index contributed by atoms with van der Waals surface area (Å²) in [4.78, 5) is 11.2. The number of anilines is 1. The normalized spacial score (nSPS) is 20.9. The van der Waals surface area contributed by atoms with Gasteiger partial charge in [-0.15, -0.1) is 0 Å². The number of allylic oxidation sites excluding steroid dienone is 2. The number of nitrogens with zero attached hydrogens (tertiary/aromatic N) is 4. The predicted molar refractivity (Wildman–Crippen MR) is 164 cm³/mol. The summed E-state index contributed by atoms with van der Waals surface area (Å²) in [5.41, 5.74) is 4.59. The summed E-state index contributed by atoms with van der Waals surface area (Å²) in [6, 6.07) is 13.7. The number of hydrogen-bond donors (Lipinski definition) is 3. The van der Waals surface area contributed by atoms with E-state index in [0.29, 0.717) is 36.2 Å². The van der Waals surface area contributed by atoms with Gasteiger partial charge in [-0.25, -0.2) is 9.38 Å². The van der Waals surface area contributed by atoms with Gasteiger partial charge in [-0.2, -0.15) is 0 Å². The van der Waals surface area contributed by atoms with Gasteiger partial charge in [-0.3, -0.25) is 9.89 Å². The maximum absolute atomic E-state index is 13.5. The Labute approximate surface area is 249 Å². The first kappa shape index (κ1) is 28.4. The van der Waals surface area contributed by atoms with Crippen molar-refractivity contribution in [3.8, 4) is 5.75 Å². The lowest BCUT2D eigenvalue weighted by Gasteiger charge is -2.25. The number of aliphatic hydroxyl groups is 2. The molecule has 10 heteroatoms. The highest BCUT2D eigenvalue weighted by atomic mass is 35.5. The predicted octanol–water partition coefficient (Wildman–Crippen LogP) is 4.92. The molecular formula is C32H33ClFN5O3. The Morgan fingerprint density at radius 3 is 2.88 bits per heavy atom. The number of likely N-dealkylation sites (tertiary alicyclic amines) is 1. The summed E-state index contributed by atoms with van der Waals surface area (Å²) >= 11 is 6.51. The maximum atomic E-state index is 13.5. The molecule has 3 aliphatic rings. The maximum Gasteiger partial charge on any atom is 0.138 e. The quantitative estimate of drug-likeness (QED) is 0.329. The van der Waals surface area contributed by atoms with Crippen molar-refractivity contribution >= 4 is 35.0 Å². The molecule has 3 heterocycles. The molecule has 6 rings (SSSR count). The van der Waals surface area contributed by atoms with Gasteiger partial charge in [0.05, 0.1) is 23.3 Å². The number of fused-ring (bicyclic) bond motifs is 1. The summed E-state index contributed by atoms with van der Waals surface area (Å²) in [5.74, 6) is 0.900. The first-order chi connectivity index (χ1) is 20.4. The van der Waals surface area contributed by atoms with Crippen molar-refractivity contribution in [1.82, 2.24) is 9.47 Å². The highest BCUT2D eigenvalue weighted by molar-refractivity contribution is 6.32. The van der Waals surface area contributed by atoms with Crippen LogP contribution in [0.1, 0.15) is 24.0 Å². The Morgan fingerprint density at radius 2 is 2.07 bits per heavy atom. The molecule has 0 spiro atoms. The molecule has 0 radical (unpaired) electrons. The SMILES string of the molecule is OC1CCN(CC(O)Cn2ccc(C3=CCC4N=CN=C(Nc5ccc(OCc6cccc(F)c6)c(Cl)c5)C4=C3)c2)C1. The number of aromatic nitrogens is 1. The molecule has 3 atom stereocenters. The van der Waals surface area contributed by atoms with Crippen LogP contribution < -0.4 is 10.1 Å². The Morgan fingerprint density at radius 1 is 1.17 bits per heavy atom. The lowest BCUT2D eigenvalue weighted by molar-refractivity contribution is 0.0997. The number of β-amino-alcohol motifs (C(OH)–C–C–N with tert-alkyl or cyclic N) is 2. The number of hydrogen-bond acceptors (Lipinski definition) is 7. The Kier molecular flexibility index (Phi) is 8.53. The van der Waals surface area contributed by atoms with Crippen molar-refractivity contribution in [3.63, 3.8) is 0 Å². The topological polar surface area (TPSA) is 94.6 Å². The number of rotatable bonds is 9. The summed E-state index contributed by atoms with van der Waals surface area (Å²) in [7, 11) is 0. The van der Waals surface area contributed by atoms with Crippen molar-refractivity contribution in [2.45, 2.75) is 44.2 Å². The standard InChI is InChI=1S/C32H33ClFN5O3/c33-29-14-25(5-7-31(29)42-19-21-2-1-3-24(34)12-21)37-32-28-13-22(4-6-30(28)35-20-36-32)23-8-10-38(15-23)17-27(41)18-39-11-9-26(40)16-39/h1-5,7-8,10,12-15,20,26-27,30,40-41H,6,9,11,16-19H2,(H,35,36,37). The van der Waals surface area contributed by atoms with Crippen LogP contribution in [0.5, 0.6) is 5.75 Å². The molecule has 3 aromatic rings. The summed E-state index contributed by atoms with van der Waals surface area (Å²) < 4.78 is 21.3. The Balaban J connectivity index is 1.10. The minimum Gasteiger partial charge on any atom is -0.487 e. The van der Waals surface area contributed by atoms with E-state index in [1.54, 1.807) is 30.6 Å². The number of aliphatic imine (C=N–C) groups is 2. The number of nitrogens with one attached hydrogen (secondary N) is 1. The minimum atomic E-state index is -0.515. The van der Waals surface area contributed by atoms with Gasteiger partial charge in [-0.1, -0.05) is 29.8 Å². The van der Waals surface area contributed by atoms with Crippen LogP contribution in [0.3, 0.4) is 0 Å². The van der Waals surface area contributed by atoms with E-state index in [2.05, 4.69) is 32.4 Å². The third-order valence-electron chi connectivity index (χ3n) is 7.64. The lowest BCUT2D eigenvalue weighted by atomic mass is 9.91. The van der Waals surface area contributed by atoms with E-state index >= 15 is 0 Å². The van der Waals surface area contributed by atoms with Gasteiger partial charge >= 0.3 is 0 Å². The van der Waals surface area contributed by atoms with Crippen molar-refractivity contribution < 1.29 is 19.3 Å². The van der Waals surface area contributed by atoms with E-state index in [4.69, 9.17) is 16.3 Å². The highest BCUT2D eigenvalue weighted by Crippen LogP contribution is 2.32. The molecule has 1 aromatic heterocycles. The highest BCUT2D eigenvalue weighted by Gasteiger charge is 2.25. The second-order valence-electron chi connectivity index (χ2n) is 10.9. The van der Waals surface area contributed by atoms with E-state index in [9.17, 15) is 14.6 Å². The number of halogens is 2. The fourth-order valence-corrected chi connectivity index (χ4v) is 5.76. The van der Waals surface area contributed by atoms with Crippen LogP contribution in [0.25, 0.3) is 5.57 Å². The van der Waals surface area contributed by atoms with Crippen LogP contribution in [0.2, 0.25) is 5.02 Å². The molecule has 1 fully saturated rings. The number of benzene rings is 2. The average molecular weight is 590 g/mol. The molecule has 0 saturated carbocycles. The third-order valence-corrected chi connectivity index (χ3v) is 7.93. The molecule has 8 nitrogen and oxygen atoms in total. The smallest absolute Gasteiger partial charge is 0.138 e. The fraction of sp³-hybridized carbons (Fsp3) is 0.312. The number of amidine groups is 1. The molecule has 3 N–H and O–H groups in total. The fourth-order valence-electron chi connectivity index (χ4n) is 5.53. The average Bonchev–Trinajstić information content (AvgIpc) is 3.61. The van der Waals surface area contributed by atoms with Crippen molar-refractivity contribution in [2.24, 2.45) is 9.98 Å². The van der Waals surface area contributed by atoms with Gasteiger partial charge in [0.25, 0.3) is 0 Å². The van der Waals surface area contributed by atoms with Gasteiger partial charge in [0.1, 0.15) is 30.3 Å². The molecule has 2 aromatic carbocycles. The van der Waals surface area contributed by atoms with E-state index in [1.165, 1.54) is 12.1 Å². The molecule has 1 saturated heterocycles. The van der Waals surface area contributed by atoms with Crippen LogP contribution >= 0.6 is 11.6 Å². The molecule has 3 unspecified atom stereocenters. The minimum absolute atomic E-state index is 0.0298.